The van der Waals surface area contributed by atoms with Crippen LogP contribution in [0.25, 0.3) is 0 Å². The van der Waals surface area contributed by atoms with E-state index >= 15 is 0 Å². The first-order chi connectivity index (χ1) is 10.6. The van der Waals surface area contributed by atoms with Gasteiger partial charge in [-0.3, -0.25) is 9.59 Å². The molecule has 0 spiro atoms. The number of carbonyl (C=O) groups excluding carboxylic acids is 2. The molecule has 22 heavy (non-hydrogen) atoms. The number of rotatable bonds is 6. The second kappa shape index (κ2) is 6.77. The zero-order valence-electron chi connectivity index (χ0n) is 13.3. The average molecular weight is 302 g/mol. The van der Waals surface area contributed by atoms with Crippen molar-refractivity contribution in [1.29, 1.82) is 0 Å². The molecule has 0 saturated carbocycles. The molecule has 1 atom stereocenters. The van der Waals surface area contributed by atoms with Crippen LogP contribution < -0.4 is 4.74 Å². The number of ether oxygens (including phenoxy) is 2. The number of hydrogen-bond donors (Lipinski definition) is 0. The minimum atomic E-state index is -0.545. The van der Waals surface area contributed by atoms with Gasteiger partial charge in [0.2, 0.25) is 0 Å². The van der Waals surface area contributed by atoms with Gasteiger partial charge in [-0.15, -0.1) is 0 Å². The highest BCUT2D eigenvalue weighted by atomic mass is 16.5. The molecule has 0 aliphatic heterocycles. The summed E-state index contributed by atoms with van der Waals surface area (Å²) < 4.78 is 10.6. The third kappa shape index (κ3) is 2.91. The van der Waals surface area contributed by atoms with Crippen LogP contribution in [0.15, 0.2) is 30.4 Å². The molecule has 0 heterocycles. The lowest BCUT2D eigenvalue weighted by molar-refractivity contribution is -0.144. The van der Waals surface area contributed by atoms with Gasteiger partial charge in [-0.1, -0.05) is 31.6 Å². The SMILES string of the molecule is CCC[C@@]1(CC(=O)OCC)C=CC(=O)c2cccc(OC)c21. The number of esters is 1. The van der Waals surface area contributed by atoms with Crippen molar-refractivity contribution in [2.24, 2.45) is 0 Å². The van der Waals surface area contributed by atoms with E-state index in [1.165, 1.54) is 0 Å². The van der Waals surface area contributed by atoms with E-state index in [0.29, 0.717) is 17.9 Å². The molecule has 0 aromatic heterocycles. The van der Waals surface area contributed by atoms with E-state index in [1.54, 1.807) is 32.2 Å². The molecule has 0 fully saturated rings. The van der Waals surface area contributed by atoms with E-state index in [4.69, 9.17) is 9.47 Å². The standard InChI is InChI=1S/C18H22O4/c1-4-10-18(12-16(20)22-5-2)11-9-14(19)13-7-6-8-15(21-3)17(13)18/h6-9,11H,4-5,10,12H2,1-3H3/t18-/m0/s1. The van der Waals surface area contributed by atoms with E-state index < -0.39 is 5.41 Å². The average Bonchev–Trinajstić information content (AvgIpc) is 2.51. The molecule has 0 amide bonds. The Balaban J connectivity index is 2.57. The van der Waals surface area contributed by atoms with Crippen molar-refractivity contribution in [2.45, 2.75) is 38.5 Å². The zero-order valence-corrected chi connectivity index (χ0v) is 13.3. The van der Waals surface area contributed by atoms with Gasteiger partial charge in [0.05, 0.1) is 20.1 Å². The summed E-state index contributed by atoms with van der Waals surface area (Å²) in [7, 11) is 1.58. The quantitative estimate of drug-likeness (QED) is 0.755. The zero-order chi connectivity index (χ0) is 16.2. The van der Waals surface area contributed by atoms with E-state index in [-0.39, 0.29) is 18.2 Å². The fourth-order valence-corrected chi connectivity index (χ4v) is 3.19. The smallest absolute Gasteiger partial charge is 0.307 e. The van der Waals surface area contributed by atoms with Crippen LogP contribution in [0, 0.1) is 0 Å². The van der Waals surface area contributed by atoms with Crippen LogP contribution >= 0.6 is 0 Å². The normalized spacial score (nSPS) is 19.7. The maximum absolute atomic E-state index is 12.2. The molecular formula is C18H22O4. The van der Waals surface area contributed by atoms with Gasteiger partial charge in [-0.25, -0.2) is 0 Å². The number of benzene rings is 1. The summed E-state index contributed by atoms with van der Waals surface area (Å²) in [4.78, 5) is 24.3. The number of hydrogen-bond acceptors (Lipinski definition) is 4. The molecule has 4 heteroatoms. The van der Waals surface area contributed by atoms with Crippen molar-refractivity contribution in [1.82, 2.24) is 0 Å². The van der Waals surface area contributed by atoms with Gasteiger partial charge in [0, 0.05) is 16.5 Å². The molecule has 1 aromatic carbocycles. The Morgan fingerprint density at radius 1 is 1.27 bits per heavy atom. The van der Waals surface area contributed by atoms with Crippen LogP contribution in [0.1, 0.15) is 49.0 Å². The topological polar surface area (TPSA) is 52.6 Å². The van der Waals surface area contributed by atoms with Gasteiger partial charge in [0.15, 0.2) is 5.78 Å². The van der Waals surface area contributed by atoms with Crippen molar-refractivity contribution >= 4 is 11.8 Å². The van der Waals surface area contributed by atoms with Crippen molar-refractivity contribution in [3.63, 3.8) is 0 Å². The fraction of sp³-hybridized carbons (Fsp3) is 0.444. The summed E-state index contributed by atoms with van der Waals surface area (Å²) >= 11 is 0. The third-order valence-corrected chi connectivity index (χ3v) is 4.02. The molecule has 2 rings (SSSR count). The maximum atomic E-state index is 12.2. The Morgan fingerprint density at radius 2 is 2.05 bits per heavy atom. The largest absolute Gasteiger partial charge is 0.496 e. The van der Waals surface area contributed by atoms with E-state index in [9.17, 15) is 9.59 Å². The Hall–Kier alpha value is -2.10. The number of carbonyl (C=O) groups is 2. The van der Waals surface area contributed by atoms with Gasteiger partial charge < -0.3 is 9.47 Å². The van der Waals surface area contributed by atoms with E-state index in [1.807, 2.05) is 12.1 Å². The minimum Gasteiger partial charge on any atom is -0.496 e. The Bertz CT molecular complexity index is 603. The number of ketones is 1. The van der Waals surface area contributed by atoms with Gasteiger partial charge >= 0.3 is 5.97 Å². The lowest BCUT2D eigenvalue weighted by Crippen LogP contribution is -2.33. The summed E-state index contributed by atoms with van der Waals surface area (Å²) in [6.07, 6.45) is 5.27. The van der Waals surface area contributed by atoms with Crippen LogP contribution in [-0.4, -0.2) is 25.5 Å². The third-order valence-electron chi connectivity index (χ3n) is 4.02. The monoisotopic (exact) mass is 302 g/mol. The van der Waals surface area contributed by atoms with Crippen LogP contribution in [0.3, 0.4) is 0 Å². The summed E-state index contributed by atoms with van der Waals surface area (Å²) in [5.41, 5.74) is 0.871. The Labute approximate surface area is 131 Å². The van der Waals surface area contributed by atoms with Gasteiger partial charge in [0.1, 0.15) is 5.75 Å². The van der Waals surface area contributed by atoms with Gasteiger partial charge in [0.25, 0.3) is 0 Å². The molecule has 0 unspecified atom stereocenters. The highest BCUT2D eigenvalue weighted by Crippen LogP contribution is 2.44. The van der Waals surface area contributed by atoms with Crippen molar-refractivity contribution in [3.05, 3.63) is 41.5 Å². The first kappa shape index (κ1) is 16.3. The van der Waals surface area contributed by atoms with E-state index in [2.05, 4.69) is 6.92 Å². The maximum Gasteiger partial charge on any atom is 0.307 e. The van der Waals surface area contributed by atoms with Crippen LogP contribution in [0.2, 0.25) is 0 Å². The predicted molar refractivity (Wildman–Crippen MR) is 84.3 cm³/mol. The van der Waals surface area contributed by atoms with Crippen LogP contribution in [0.5, 0.6) is 5.75 Å². The highest BCUT2D eigenvalue weighted by Gasteiger charge is 2.40. The molecule has 1 aliphatic rings. The summed E-state index contributed by atoms with van der Waals surface area (Å²) in [6, 6.07) is 5.43. The molecule has 1 aliphatic carbocycles. The highest BCUT2D eigenvalue weighted by molar-refractivity contribution is 6.08. The molecule has 0 radical (unpaired) electrons. The van der Waals surface area contributed by atoms with Crippen molar-refractivity contribution in [2.75, 3.05) is 13.7 Å². The Morgan fingerprint density at radius 3 is 2.68 bits per heavy atom. The molecule has 0 saturated heterocycles. The second-order valence-electron chi connectivity index (χ2n) is 5.47. The van der Waals surface area contributed by atoms with Crippen molar-refractivity contribution < 1.29 is 19.1 Å². The predicted octanol–water partition coefficient (Wildman–Crippen LogP) is 3.44. The van der Waals surface area contributed by atoms with Crippen LogP contribution in [0.4, 0.5) is 0 Å². The summed E-state index contributed by atoms with van der Waals surface area (Å²) in [5.74, 6) is 0.337. The summed E-state index contributed by atoms with van der Waals surface area (Å²) in [6.45, 7) is 4.20. The second-order valence-corrected chi connectivity index (χ2v) is 5.47. The minimum absolute atomic E-state index is 0.0514. The lowest BCUT2D eigenvalue weighted by atomic mass is 9.68. The molecule has 4 nitrogen and oxygen atoms in total. The first-order valence-corrected chi connectivity index (χ1v) is 7.64. The number of allylic oxidation sites excluding steroid dienone is 2. The molecule has 118 valence electrons. The summed E-state index contributed by atoms with van der Waals surface area (Å²) in [5, 5.41) is 0. The Kier molecular flexibility index (Phi) is 5.01. The van der Waals surface area contributed by atoms with Crippen LogP contribution in [-0.2, 0) is 14.9 Å². The van der Waals surface area contributed by atoms with Crippen molar-refractivity contribution in [3.8, 4) is 5.75 Å². The fourth-order valence-electron chi connectivity index (χ4n) is 3.19. The molecule has 1 aromatic rings. The van der Waals surface area contributed by atoms with Gasteiger partial charge in [-0.2, -0.15) is 0 Å². The molecule has 0 bridgehead atoms. The number of fused-ring (bicyclic) bond motifs is 1. The number of methoxy groups -OCH3 is 1. The lowest BCUT2D eigenvalue weighted by Gasteiger charge is -2.35. The van der Waals surface area contributed by atoms with Gasteiger partial charge in [-0.05, 0) is 25.5 Å². The molecule has 0 N–H and O–H groups in total. The molecular weight excluding hydrogens is 280 g/mol. The first-order valence-electron chi connectivity index (χ1n) is 7.64. The van der Waals surface area contributed by atoms with E-state index in [0.717, 1.165) is 18.4 Å².